The van der Waals surface area contributed by atoms with E-state index in [1.54, 1.807) is 0 Å². The molecule has 0 aliphatic carbocycles. The standard InChI is InChI=1S/C8H8.CH2O3.Ca/c1-2-8-6-4-3-5-7-8;2-1(3)4;/h2-7H,1H2;(H2,2,3,4);/q;;+2/p-2. The van der Waals surface area contributed by atoms with E-state index in [9.17, 15) is 0 Å². The Morgan fingerprint density at radius 1 is 1.23 bits per heavy atom. The molecular formula is C9H8CaO3. The van der Waals surface area contributed by atoms with Gasteiger partial charge in [-0.05, 0) is 11.7 Å². The van der Waals surface area contributed by atoms with Crippen LogP contribution in [0.3, 0.4) is 0 Å². The second-order valence-corrected chi connectivity index (χ2v) is 1.86. The molecule has 0 saturated heterocycles. The van der Waals surface area contributed by atoms with Crippen molar-refractivity contribution in [1.82, 2.24) is 0 Å². The van der Waals surface area contributed by atoms with Gasteiger partial charge in [-0.25, -0.2) is 0 Å². The molecule has 1 aromatic carbocycles. The van der Waals surface area contributed by atoms with Crippen molar-refractivity contribution in [3.63, 3.8) is 0 Å². The second kappa shape index (κ2) is 9.58. The summed E-state index contributed by atoms with van der Waals surface area (Å²) in [7, 11) is 0. The van der Waals surface area contributed by atoms with Crippen LogP contribution in [0.5, 0.6) is 0 Å². The number of rotatable bonds is 1. The molecule has 0 aliphatic heterocycles. The first kappa shape index (κ1) is 15.0. The number of hydrogen-bond acceptors (Lipinski definition) is 3. The normalized spacial score (nSPS) is 7.08. The fourth-order valence-corrected chi connectivity index (χ4v) is 0.589. The smallest absolute Gasteiger partial charge is 0.652 e. The molecule has 0 radical (unpaired) electrons. The zero-order valence-electron chi connectivity index (χ0n) is 7.10. The third-order valence-electron chi connectivity index (χ3n) is 1.04. The van der Waals surface area contributed by atoms with E-state index < -0.39 is 6.16 Å². The van der Waals surface area contributed by atoms with Crippen molar-refractivity contribution < 1.29 is 15.0 Å². The van der Waals surface area contributed by atoms with E-state index in [1.165, 1.54) is 5.56 Å². The number of hydrogen-bond donors (Lipinski definition) is 0. The fourth-order valence-electron chi connectivity index (χ4n) is 0.589. The van der Waals surface area contributed by atoms with Gasteiger partial charge >= 0.3 is 37.7 Å². The van der Waals surface area contributed by atoms with Crippen molar-refractivity contribution in [2.45, 2.75) is 0 Å². The van der Waals surface area contributed by atoms with Crippen LogP contribution in [-0.4, -0.2) is 43.9 Å². The van der Waals surface area contributed by atoms with Crippen LogP contribution in [0.25, 0.3) is 6.08 Å². The Balaban J connectivity index is 0. The molecule has 0 atom stereocenters. The van der Waals surface area contributed by atoms with Gasteiger partial charge in [0.15, 0.2) is 0 Å². The SMILES string of the molecule is C=Cc1ccccc1.O=C([O-])[O-].[Ca+2]. The van der Waals surface area contributed by atoms with Crippen molar-refractivity contribution >= 4 is 50.0 Å². The summed E-state index contributed by atoms with van der Waals surface area (Å²) < 4.78 is 0. The van der Waals surface area contributed by atoms with Crippen LogP contribution in [0, 0.1) is 0 Å². The molecule has 0 N–H and O–H groups in total. The Kier molecular flexibility index (Phi) is 11.0. The molecule has 3 nitrogen and oxygen atoms in total. The molecule has 0 amide bonds. The van der Waals surface area contributed by atoms with E-state index in [-0.39, 0.29) is 37.7 Å². The summed E-state index contributed by atoms with van der Waals surface area (Å²) >= 11 is 0. The fraction of sp³-hybridized carbons (Fsp3) is 0. The molecule has 0 spiro atoms. The molecule has 0 unspecified atom stereocenters. The molecule has 0 saturated carbocycles. The van der Waals surface area contributed by atoms with E-state index in [2.05, 4.69) is 6.58 Å². The van der Waals surface area contributed by atoms with E-state index in [0.29, 0.717) is 0 Å². The minimum absolute atomic E-state index is 0. The zero-order valence-corrected chi connectivity index (χ0v) is 9.31. The van der Waals surface area contributed by atoms with Crippen LogP contribution in [0.15, 0.2) is 36.9 Å². The van der Waals surface area contributed by atoms with Crippen LogP contribution in [0.2, 0.25) is 0 Å². The molecule has 64 valence electrons. The third-order valence-corrected chi connectivity index (χ3v) is 1.04. The van der Waals surface area contributed by atoms with Crippen molar-refractivity contribution in [3.05, 3.63) is 42.5 Å². The number of carbonyl (C=O) groups is 1. The van der Waals surface area contributed by atoms with Gasteiger partial charge in [-0.15, -0.1) is 0 Å². The predicted molar refractivity (Wildman–Crippen MR) is 47.7 cm³/mol. The molecular weight excluding hydrogens is 196 g/mol. The Morgan fingerprint density at radius 3 is 1.85 bits per heavy atom. The van der Waals surface area contributed by atoms with Gasteiger partial charge in [-0.1, -0.05) is 43.0 Å². The summed E-state index contributed by atoms with van der Waals surface area (Å²) in [4.78, 5) is 8.33. The van der Waals surface area contributed by atoms with Gasteiger partial charge in [0.2, 0.25) is 0 Å². The first-order chi connectivity index (χ1) is 5.66. The Morgan fingerprint density at radius 2 is 1.62 bits per heavy atom. The molecule has 0 bridgehead atoms. The van der Waals surface area contributed by atoms with Crippen LogP contribution in [-0.2, 0) is 0 Å². The van der Waals surface area contributed by atoms with Crippen molar-refractivity contribution in [1.29, 1.82) is 0 Å². The molecule has 0 aliphatic rings. The number of carboxylic acid groups (broad SMARTS) is 2. The van der Waals surface area contributed by atoms with Gasteiger partial charge in [0.25, 0.3) is 0 Å². The van der Waals surface area contributed by atoms with E-state index >= 15 is 0 Å². The second-order valence-electron chi connectivity index (χ2n) is 1.86. The molecule has 4 heteroatoms. The Labute approximate surface area is 107 Å². The zero-order chi connectivity index (χ0) is 9.40. The molecule has 1 aromatic rings. The van der Waals surface area contributed by atoms with Crippen molar-refractivity contribution in [2.75, 3.05) is 0 Å². The van der Waals surface area contributed by atoms with Crippen molar-refractivity contribution in [2.24, 2.45) is 0 Å². The van der Waals surface area contributed by atoms with Gasteiger partial charge in [-0.2, -0.15) is 0 Å². The summed E-state index contributed by atoms with van der Waals surface area (Å²) in [5, 5.41) is 16.7. The molecule has 0 fully saturated rings. The van der Waals surface area contributed by atoms with Crippen LogP contribution < -0.4 is 10.2 Å². The summed E-state index contributed by atoms with van der Waals surface area (Å²) in [5.41, 5.74) is 1.17. The first-order valence-corrected chi connectivity index (χ1v) is 3.22. The number of carbonyl (C=O) groups excluding carboxylic acids is 1. The predicted octanol–water partition coefficient (Wildman–Crippen LogP) is -0.498. The Bertz CT molecular complexity index is 242. The average molecular weight is 204 g/mol. The van der Waals surface area contributed by atoms with Gasteiger partial charge in [0, 0.05) is 0 Å². The molecule has 0 heterocycles. The topological polar surface area (TPSA) is 63.2 Å². The molecule has 13 heavy (non-hydrogen) atoms. The summed E-state index contributed by atoms with van der Waals surface area (Å²) in [5.74, 6) is 0. The maximum Gasteiger partial charge on any atom is 2.00 e. The van der Waals surface area contributed by atoms with Gasteiger partial charge in [0.1, 0.15) is 0 Å². The van der Waals surface area contributed by atoms with E-state index in [4.69, 9.17) is 15.0 Å². The first-order valence-electron chi connectivity index (χ1n) is 3.22. The van der Waals surface area contributed by atoms with Gasteiger partial charge in [0.05, 0.1) is 0 Å². The van der Waals surface area contributed by atoms with Gasteiger partial charge in [-0.3, -0.25) is 0 Å². The monoisotopic (exact) mass is 204 g/mol. The summed E-state index contributed by atoms with van der Waals surface area (Å²) in [6.45, 7) is 3.63. The van der Waals surface area contributed by atoms with Crippen LogP contribution >= 0.6 is 0 Å². The van der Waals surface area contributed by atoms with Gasteiger partial charge < -0.3 is 15.0 Å². The quantitative estimate of drug-likeness (QED) is 0.579. The number of benzene rings is 1. The van der Waals surface area contributed by atoms with Crippen LogP contribution in [0.1, 0.15) is 5.56 Å². The van der Waals surface area contributed by atoms with E-state index in [1.807, 2.05) is 36.4 Å². The van der Waals surface area contributed by atoms with Crippen molar-refractivity contribution in [3.8, 4) is 0 Å². The minimum Gasteiger partial charge on any atom is -0.652 e. The Hall–Kier alpha value is -0.510. The third kappa shape index (κ3) is 11.5. The minimum atomic E-state index is -2.33. The summed E-state index contributed by atoms with van der Waals surface area (Å²) in [6, 6.07) is 10.0. The van der Waals surface area contributed by atoms with Crippen LogP contribution in [0.4, 0.5) is 4.79 Å². The maximum absolute atomic E-state index is 8.33. The summed E-state index contributed by atoms with van der Waals surface area (Å²) in [6.07, 6.45) is -0.500. The molecule has 0 aromatic heterocycles. The molecule has 1 rings (SSSR count). The maximum atomic E-state index is 8.33. The largest absolute Gasteiger partial charge is 2.00 e. The average Bonchev–Trinajstić information content (AvgIpc) is 2.05. The van der Waals surface area contributed by atoms with E-state index in [0.717, 1.165) is 0 Å².